The smallest absolute Gasteiger partial charge is 0.256 e. The van der Waals surface area contributed by atoms with Gasteiger partial charge in [-0.3, -0.25) is 4.79 Å². The molecule has 124 valence electrons. The van der Waals surface area contributed by atoms with E-state index in [0.717, 1.165) is 36.4 Å². The average Bonchev–Trinajstić information content (AvgIpc) is 2.97. The highest BCUT2D eigenvalue weighted by Gasteiger charge is 2.20. The molecule has 1 aromatic carbocycles. The SMILES string of the molecule is CCCCN(CCNC)C(=O)c1cc(-c2ccccc2)sc1Cl. The van der Waals surface area contributed by atoms with Crippen LogP contribution in [0.2, 0.25) is 4.34 Å². The second-order valence-electron chi connectivity index (χ2n) is 5.41. The maximum Gasteiger partial charge on any atom is 0.256 e. The van der Waals surface area contributed by atoms with Crippen LogP contribution in [0.5, 0.6) is 0 Å². The Morgan fingerprint density at radius 3 is 2.65 bits per heavy atom. The third kappa shape index (κ3) is 4.80. The van der Waals surface area contributed by atoms with Gasteiger partial charge in [0.1, 0.15) is 4.34 Å². The van der Waals surface area contributed by atoms with Crippen LogP contribution in [-0.2, 0) is 0 Å². The number of carbonyl (C=O) groups excluding carboxylic acids is 1. The first-order valence-corrected chi connectivity index (χ1v) is 9.15. The molecule has 0 aliphatic rings. The Bertz CT molecular complexity index is 619. The van der Waals surface area contributed by atoms with Crippen LogP contribution in [0.3, 0.4) is 0 Å². The Hall–Kier alpha value is -1.36. The molecule has 0 saturated heterocycles. The van der Waals surface area contributed by atoms with Gasteiger partial charge in [0.05, 0.1) is 5.56 Å². The second-order valence-corrected chi connectivity index (χ2v) is 7.07. The lowest BCUT2D eigenvalue weighted by Gasteiger charge is -2.22. The van der Waals surface area contributed by atoms with Crippen LogP contribution in [-0.4, -0.2) is 37.5 Å². The molecule has 0 unspecified atom stereocenters. The highest BCUT2D eigenvalue weighted by atomic mass is 35.5. The Morgan fingerprint density at radius 2 is 2.00 bits per heavy atom. The lowest BCUT2D eigenvalue weighted by atomic mass is 10.1. The van der Waals surface area contributed by atoms with Gasteiger partial charge in [0.25, 0.3) is 5.91 Å². The van der Waals surface area contributed by atoms with Crippen molar-refractivity contribution in [3.05, 3.63) is 46.3 Å². The fourth-order valence-electron chi connectivity index (χ4n) is 2.34. The maximum atomic E-state index is 12.8. The number of hydrogen-bond acceptors (Lipinski definition) is 3. The van der Waals surface area contributed by atoms with Crippen molar-refractivity contribution in [1.29, 1.82) is 0 Å². The molecule has 1 amide bonds. The first-order chi connectivity index (χ1) is 11.2. The molecule has 0 saturated carbocycles. The summed E-state index contributed by atoms with van der Waals surface area (Å²) >= 11 is 7.82. The zero-order valence-corrected chi connectivity index (χ0v) is 15.2. The molecule has 2 rings (SSSR count). The molecule has 0 radical (unpaired) electrons. The number of hydrogen-bond donors (Lipinski definition) is 1. The summed E-state index contributed by atoms with van der Waals surface area (Å²) in [6.07, 6.45) is 2.07. The third-order valence-corrected chi connectivity index (χ3v) is 5.08. The Balaban J connectivity index is 2.21. The van der Waals surface area contributed by atoms with Crippen molar-refractivity contribution in [1.82, 2.24) is 10.2 Å². The number of thiophene rings is 1. The highest BCUT2D eigenvalue weighted by Crippen LogP contribution is 2.35. The lowest BCUT2D eigenvalue weighted by molar-refractivity contribution is 0.0756. The Labute approximate surface area is 147 Å². The predicted molar refractivity (Wildman–Crippen MR) is 99.5 cm³/mol. The Kier molecular flexibility index (Phi) is 7.09. The molecule has 23 heavy (non-hydrogen) atoms. The summed E-state index contributed by atoms with van der Waals surface area (Å²) < 4.78 is 0.569. The summed E-state index contributed by atoms with van der Waals surface area (Å²) in [5.74, 6) is 0.0251. The molecule has 2 aromatic rings. The number of likely N-dealkylation sites (N-methyl/N-ethyl adjacent to an activating group) is 1. The first-order valence-electron chi connectivity index (χ1n) is 7.96. The summed E-state index contributed by atoms with van der Waals surface area (Å²) in [6.45, 7) is 4.38. The fourth-order valence-corrected chi connectivity index (χ4v) is 3.61. The zero-order valence-electron chi connectivity index (χ0n) is 13.6. The molecule has 0 bridgehead atoms. The van der Waals surface area contributed by atoms with E-state index >= 15 is 0 Å². The summed E-state index contributed by atoms with van der Waals surface area (Å²) in [6, 6.07) is 12.0. The number of amides is 1. The largest absolute Gasteiger partial charge is 0.337 e. The number of rotatable bonds is 8. The molecule has 0 fully saturated rings. The zero-order chi connectivity index (χ0) is 16.7. The number of unbranched alkanes of at least 4 members (excludes halogenated alkanes) is 1. The van der Waals surface area contributed by atoms with Gasteiger partial charge in [-0.2, -0.15) is 0 Å². The second kappa shape index (κ2) is 9.06. The summed E-state index contributed by atoms with van der Waals surface area (Å²) in [7, 11) is 1.90. The highest BCUT2D eigenvalue weighted by molar-refractivity contribution is 7.19. The van der Waals surface area contributed by atoms with Crippen LogP contribution in [0.1, 0.15) is 30.1 Å². The van der Waals surface area contributed by atoms with Gasteiger partial charge in [-0.25, -0.2) is 0 Å². The van der Waals surface area contributed by atoms with Crippen molar-refractivity contribution in [2.24, 2.45) is 0 Å². The molecular weight excluding hydrogens is 328 g/mol. The number of nitrogens with one attached hydrogen (secondary N) is 1. The lowest BCUT2D eigenvalue weighted by Crippen LogP contribution is -2.36. The van der Waals surface area contributed by atoms with E-state index in [0.29, 0.717) is 16.4 Å². The van der Waals surface area contributed by atoms with E-state index in [1.54, 1.807) is 0 Å². The number of benzene rings is 1. The van der Waals surface area contributed by atoms with Crippen LogP contribution in [0.15, 0.2) is 36.4 Å². The summed E-state index contributed by atoms with van der Waals surface area (Å²) in [4.78, 5) is 15.8. The van der Waals surface area contributed by atoms with Gasteiger partial charge in [-0.05, 0) is 25.1 Å². The van der Waals surface area contributed by atoms with Crippen LogP contribution in [0.4, 0.5) is 0 Å². The molecule has 5 heteroatoms. The van der Waals surface area contributed by atoms with E-state index in [1.165, 1.54) is 11.3 Å². The van der Waals surface area contributed by atoms with Crippen molar-refractivity contribution in [3.8, 4) is 10.4 Å². The quantitative estimate of drug-likeness (QED) is 0.758. The summed E-state index contributed by atoms with van der Waals surface area (Å²) in [5.41, 5.74) is 1.71. The van der Waals surface area contributed by atoms with E-state index < -0.39 is 0 Å². The van der Waals surface area contributed by atoms with Crippen molar-refractivity contribution >= 4 is 28.8 Å². The molecule has 3 nitrogen and oxygen atoms in total. The fraction of sp³-hybridized carbons (Fsp3) is 0.389. The molecular formula is C18H23ClN2OS. The van der Waals surface area contributed by atoms with Crippen molar-refractivity contribution in [2.45, 2.75) is 19.8 Å². The van der Waals surface area contributed by atoms with E-state index in [4.69, 9.17) is 11.6 Å². The van der Waals surface area contributed by atoms with E-state index in [9.17, 15) is 4.79 Å². The minimum absolute atomic E-state index is 0.0251. The summed E-state index contributed by atoms with van der Waals surface area (Å²) in [5, 5.41) is 3.10. The molecule has 1 N–H and O–H groups in total. The molecule has 0 spiro atoms. The monoisotopic (exact) mass is 350 g/mol. The van der Waals surface area contributed by atoms with Crippen LogP contribution in [0, 0.1) is 0 Å². The minimum atomic E-state index is 0.0251. The minimum Gasteiger partial charge on any atom is -0.337 e. The molecule has 0 atom stereocenters. The van der Waals surface area contributed by atoms with Gasteiger partial charge in [0.2, 0.25) is 0 Å². The van der Waals surface area contributed by atoms with Crippen molar-refractivity contribution < 1.29 is 4.79 Å². The third-order valence-electron chi connectivity index (χ3n) is 3.68. The van der Waals surface area contributed by atoms with Crippen molar-refractivity contribution in [3.63, 3.8) is 0 Å². The van der Waals surface area contributed by atoms with E-state index in [-0.39, 0.29) is 5.91 Å². The molecule has 1 aromatic heterocycles. The Morgan fingerprint density at radius 1 is 1.26 bits per heavy atom. The van der Waals surface area contributed by atoms with Gasteiger partial charge in [0, 0.05) is 24.5 Å². The average molecular weight is 351 g/mol. The molecule has 1 heterocycles. The van der Waals surface area contributed by atoms with E-state index in [2.05, 4.69) is 12.2 Å². The van der Waals surface area contributed by atoms with Gasteiger partial charge in [-0.1, -0.05) is 55.3 Å². The van der Waals surface area contributed by atoms with Crippen molar-refractivity contribution in [2.75, 3.05) is 26.7 Å². The first kappa shape index (κ1) is 18.0. The van der Waals surface area contributed by atoms with Gasteiger partial charge in [0.15, 0.2) is 0 Å². The molecule has 0 aliphatic carbocycles. The molecule has 0 aliphatic heterocycles. The van der Waals surface area contributed by atoms with Crippen LogP contribution in [0.25, 0.3) is 10.4 Å². The normalized spacial score (nSPS) is 10.7. The van der Waals surface area contributed by atoms with Gasteiger partial charge in [-0.15, -0.1) is 11.3 Å². The van der Waals surface area contributed by atoms with Gasteiger partial charge < -0.3 is 10.2 Å². The number of carbonyl (C=O) groups is 1. The number of halogens is 1. The predicted octanol–water partition coefficient (Wildman–Crippen LogP) is 4.53. The van der Waals surface area contributed by atoms with E-state index in [1.807, 2.05) is 48.3 Å². The van der Waals surface area contributed by atoms with Crippen LogP contribution < -0.4 is 5.32 Å². The maximum absolute atomic E-state index is 12.8. The van der Waals surface area contributed by atoms with Gasteiger partial charge >= 0.3 is 0 Å². The standard InChI is InChI=1S/C18H23ClN2OS/c1-3-4-11-21(12-10-20-2)18(22)15-13-16(23-17(15)19)14-8-6-5-7-9-14/h5-9,13,20H,3-4,10-12H2,1-2H3. The van der Waals surface area contributed by atoms with Crippen LogP contribution >= 0.6 is 22.9 Å². The number of nitrogens with zero attached hydrogens (tertiary/aromatic N) is 1. The topological polar surface area (TPSA) is 32.3 Å².